The van der Waals surface area contributed by atoms with Gasteiger partial charge in [-0.25, -0.2) is 17.6 Å². The fraction of sp³-hybridized carbons (Fsp3) is 0.0714. The minimum atomic E-state index is -3.97. The summed E-state index contributed by atoms with van der Waals surface area (Å²) in [7, 11) is -2.46. The van der Waals surface area contributed by atoms with Crippen LogP contribution in [0.2, 0.25) is 5.02 Å². The van der Waals surface area contributed by atoms with Crippen LogP contribution in [0.1, 0.15) is 0 Å². The number of anilines is 1. The van der Waals surface area contributed by atoms with Crippen LogP contribution in [0.5, 0.6) is 0 Å². The molecular formula is C14H10ClFN2O4S. The molecule has 3 rings (SSSR count). The second kappa shape index (κ2) is 5.39. The molecule has 0 aliphatic heterocycles. The van der Waals surface area contributed by atoms with Gasteiger partial charge in [-0.2, -0.15) is 0 Å². The normalized spacial score (nSPS) is 11.8. The van der Waals surface area contributed by atoms with Crippen molar-refractivity contribution in [2.75, 3.05) is 4.72 Å². The van der Waals surface area contributed by atoms with Crippen LogP contribution in [-0.4, -0.2) is 13.0 Å². The summed E-state index contributed by atoms with van der Waals surface area (Å²) < 4.78 is 46.5. The molecule has 0 saturated carbocycles. The van der Waals surface area contributed by atoms with E-state index in [-0.39, 0.29) is 21.2 Å². The summed E-state index contributed by atoms with van der Waals surface area (Å²) in [6.45, 7) is 0. The third-order valence-corrected chi connectivity index (χ3v) is 4.93. The minimum Gasteiger partial charge on any atom is -0.408 e. The van der Waals surface area contributed by atoms with Gasteiger partial charge in [0, 0.05) is 13.1 Å². The second-order valence-electron chi connectivity index (χ2n) is 4.79. The van der Waals surface area contributed by atoms with Gasteiger partial charge in [0.15, 0.2) is 5.58 Å². The van der Waals surface area contributed by atoms with Gasteiger partial charge >= 0.3 is 5.76 Å². The number of fused-ring (bicyclic) bond motifs is 1. The first-order valence-corrected chi connectivity index (χ1v) is 8.21. The Bertz CT molecular complexity index is 1070. The topological polar surface area (TPSA) is 81.3 Å². The number of hydrogen-bond acceptors (Lipinski definition) is 4. The highest BCUT2D eigenvalue weighted by atomic mass is 35.5. The molecule has 0 spiro atoms. The van der Waals surface area contributed by atoms with E-state index in [0.717, 1.165) is 6.07 Å². The summed E-state index contributed by atoms with van der Waals surface area (Å²) in [5, 5.41) is -0.111. The molecule has 2 aromatic carbocycles. The molecule has 0 unspecified atom stereocenters. The largest absolute Gasteiger partial charge is 0.419 e. The number of aromatic nitrogens is 1. The van der Waals surface area contributed by atoms with Gasteiger partial charge in [-0.15, -0.1) is 0 Å². The van der Waals surface area contributed by atoms with Crippen molar-refractivity contribution in [3.63, 3.8) is 0 Å². The van der Waals surface area contributed by atoms with Crippen molar-refractivity contribution in [1.82, 2.24) is 4.57 Å². The molecule has 0 radical (unpaired) electrons. The van der Waals surface area contributed by atoms with Crippen LogP contribution in [0.25, 0.3) is 11.1 Å². The molecule has 0 saturated heterocycles. The number of rotatable bonds is 3. The van der Waals surface area contributed by atoms with Crippen LogP contribution in [0.15, 0.2) is 50.5 Å². The van der Waals surface area contributed by atoms with Crippen LogP contribution in [-0.2, 0) is 17.1 Å². The lowest BCUT2D eigenvalue weighted by Crippen LogP contribution is -2.13. The van der Waals surface area contributed by atoms with Crippen LogP contribution in [0, 0.1) is 5.82 Å². The zero-order chi connectivity index (χ0) is 16.8. The molecule has 0 aliphatic rings. The first-order valence-electron chi connectivity index (χ1n) is 6.35. The standard InChI is InChI=1S/C14H10ClFN2O4S/c1-18-12-5-3-9(7-13(12)22-14(18)19)23(20,21)17-8-2-4-10(15)11(16)6-8/h2-7,17H,1H3. The summed E-state index contributed by atoms with van der Waals surface area (Å²) in [5.41, 5.74) is 0.635. The number of aryl methyl sites for hydroxylation is 1. The molecule has 0 atom stereocenters. The molecule has 9 heteroatoms. The summed E-state index contributed by atoms with van der Waals surface area (Å²) in [6, 6.07) is 7.56. The number of hydrogen-bond donors (Lipinski definition) is 1. The summed E-state index contributed by atoms with van der Waals surface area (Å²) in [6.07, 6.45) is 0. The van der Waals surface area contributed by atoms with Crippen LogP contribution in [0.3, 0.4) is 0 Å². The first-order chi connectivity index (χ1) is 10.8. The molecule has 120 valence electrons. The Hall–Kier alpha value is -2.32. The Kier molecular flexibility index (Phi) is 3.65. The maximum atomic E-state index is 13.4. The molecule has 1 aromatic heterocycles. The molecule has 3 aromatic rings. The quantitative estimate of drug-likeness (QED) is 0.782. The molecular weight excluding hydrogens is 347 g/mol. The third-order valence-electron chi connectivity index (χ3n) is 3.25. The van der Waals surface area contributed by atoms with Crippen molar-refractivity contribution in [3.8, 4) is 0 Å². The molecule has 23 heavy (non-hydrogen) atoms. The summed E-state index contributed by atoms with van der Waals surface area (Å²) in [4.78, 5) is 11.3. The number of nitrogens with one attached hydrogen (secondary N) is 1. The fourth-order valence-corrected chi connectivity index (χ4v) is 3.24. The van der Waals surface area contributed by atoms with Crippen LogP contribution >= 0.6 is 11.6 Å². The number of sulfonamides is 1. The molecule has 0 bridgehead atoms. The fourth-order valence-electron chi connectivity index (χ4n) is 2.06. The Morgan fingerprint density at radius 3 is 2.65 bits per heavy atom. The van der Waals surface area contributed by atoms with Crippen molar-refractivity contribution in [1.29, 1.82) is 0 Å². The van der Waals surface area contributed by atoms with E-state index in [2.05, 4.69) is 4.72 Å². The van der Waals surface area contributed by atoms with E-state index in [0.29, 0.717) is 5.52 Å². The maximum Gasteiger partial charge on any atom is 0.419 e. The van der Waals surface area contributed by atoms with Gasteiger partial charge in [0.1, 0.15) is 5.82 Å². The van der Waals surface area contributed by atoms with Crippen molar-refractivity contribution < 1.29 is 17.2 Å². The van der Waals surface area contributed by atoms with Gasteiger partial charge in [-0.05, 0) is 30.3 Å². The summed E-state index contributed by atoms with van der Waals surface area (Å²) in [5.74, 6) is -1.33. The first kappa shape index (κ1) is 15.6. The molecule has 0 aliphatic carbocycles. The lowest BCUT2D eigenvalue weighted by molar-refractivity contribution is 0.527. The van der Waals surface area contributed by atoms with Crippen LogP contribution in [0.4, 0.5) is 10.1 Å². The highest BCUT2D eigenvalue weighted by molar-refractivity contribution is 7.92. The number of halogens is 2. The van der Waals surface area contributed by atoms with Gasteiger partial charge in [-0.1, -0.05) is 11.6 Å². The lowest BCUT2D eigenvalue weighted by atomic mass is 10.3. The predicted octanol–water partition coefficient (Wildman–Crippen LogP) is 2.72. The zero-order valence-electron chi connectivity index (χ0n) is 11.7. The van der Waals surface area contributed by atoms with Gasteiger partial charge in [0.2, 0.25) is 0 Å². The molecule has 0 fully saturated rings. The van der Waals surface area contributed by atoms with E-state index in [9.17, 15) is 17.6 Å². The number of oxazole rings is 1. The van der Waals surface area contributed by atoms with E-state index in [1.54, 1.807) is 0 Å². The monoisotopic (exact) mass is 356 g/mol. The van der Waals surface area contributed by atoms with Gasteiger partial charge in [-0.3, -0.25) is 9.29 Å². The zero-order valence-corrected chi connectivity index (χ0v) is 13.3. The number of benzene rings is 2. The molecule has 6 nitrogen and oxygen atoms in total. The Labute approximate surface area is 135 Å². The van der Waals surface area contributed by atoms with E-state index in [1.807, 2.05) is 0 Å². The maximum absolute atomic E-state index is 13.4. The van der Waals surface area contributed by atoms with Gasteiger partial charge in [0.25, 0.3) is 10.0 Å². The Balaban J connectivity index is 2.01. The molecule has 0 amide bonds. The van der Waals surface area contributed by atoms with E-state index in [4.69, 9.17) is 16.0 Å². The molecule has 1 N–H and O–H groups in total. The number of nitrogens with zero attached hydrogens (tertiary/aromatic N) is 1. The van der Waals surface area contributed by atoms with Crippen molar-refractivity contribution in [3.05, 3.63) is 57.8 Å². The third kappa shape index (κ3) is 2.82. The Morgan fingerprint density at radius 2 is 1.96 bits per heavy atom. The molecule has 1 heterocycles. The van der Waals surface area contributed by atoms with Crippen LogP contribution < -0.4 is 10.5 Å². The minimum absolute atomic E-state index is 0.0292. The second-order valence-corrected chi connectivity index (χ2v) is 6.88. The van der Waals surface area contributed by atoms with E-state index >= 15 is 0 Å². The van der Waals surface area contributed by atoms with Gasteiger partial charge < -0.3 is 4.42 Å². The van der Waals surface area contributed by atoms with E-state index < -0.39 is 21.6 Å². The van der Waals surface area contributed by atoms with E-state index in [1.165, 1.54) is 41.9 Å². The van der Waals surface area contributed by atoms with Gasteiger partial charge in [0.05, 0.1) is 21.1 Å². The SMILES string of the molecule is Cn1c(=O)oc2cc(S(=O)(=O)Nc3ccc(Cl)c(F)c3)ccc21. The van der Waals surface area contributed by atoms with Crippen molar-refractivity contribution >= 4 is 38.4 Å². The highest BCUT2D eigenvalue weighted by Gasteiger charge is 2.17. The predicted molar refractivity (Wildman–Crippen MR) is 83.7 cm³/mol. The Morgan fingerprint density at radius 1 is 1.22 bits per heavy atom. The van der Waals surface area contributed by atoms with Crippen molar-refractivity contribution in [2.45, 2.75) is 4.90 Å². The lowest BCUT2D eigenvalue weighted by Gasteiger charge is -2.08. The average Bonchev–Trinajstić information content (AvgIpc) is 2.77. The smallest absolute Gasteiger partial charge is 0.408 e. The highest BCUT2D eigenvalue weighted by Crippen LogP contribution is 2.23. The van der Waals surface area contributed by atoms with Crippen molar-refractivity contribution in [2.24, 2.45) is 7.05 Å². The summed E-state index contributed by atoms with van der Waals surface area (Å²) >= 11 is 5.55. The average molecular weight is 357 g/mol.